The lowest BCUT2D eigenvalue weighted by atomic mass is 9.92. The first-order valence-electron chi connectivity index (χ1n) is 6.97. The number of carbonyl (C=O) groups is 1. The summed E-state index contributed by atoms with van der Waals surface area (Å²) in [6.45, 7) is 1.22. The summed E-state index contributed by atoms with van der Waals surface area (Å²) in [4.78, 5) is 12.1. The summed E-state index contributed by atoms with van der Waals surface area (Å²) in [6, 6.07) is 8.15. The lowest BCUT2D eigenvalue weighted by Crippen LogP contribution is -2.47. The summed E-state index contributed by atoms with van der Waals surface area (Å²) >= 11 is 0. The summed E-state index contributed by atoms with van der Waals surface area (Å²) in [6.07, 6.45) is 4.44. The molecular weight excluding hydrogens is 242 g/mol. The predicted molar refractivity (Wildman–Crippen MR) is 71.7 cm³/mol. The Hall–Kier alpha value is -1.71. The molecule has 0 unspecified atom stereocenters. The number of carboxylic acid groups (broad SMARTS) is 1. The molecule has 1 heterocycles. The maximum atomic E-state index is 10.7. The number of hydrogen-bond acceptors (Lipinski definition) is 2. The van der Waals surface area contributed by atoms with Gasteiger partial charge >= 0.3 is 6.09 Å². The second kappa shape index (κ2) is 5.11. The lowest BCUT2D eigenvalue weighted by Gasteiger charge is -2.37. The maximum Gasteiger partial charge on any atom is 0.407 e. The first kappa shape index (κ1) is 12.3. The normalized spacial score (nSPS) is 20.3. The van der Waals surface area contributed by atoms with Crippen LogP contribution in [0.3, 0.4) is 0 Å². The molecule has 1 aromatic rings. The minimum absolute atomic E-state index is 0.344. The van der Waals surface area contributed by atoms with Gasteiger partial charge in [0, 0.05) is 19.0 Å². The summed E-state index contributed by atoms with van der Waals surface area (Å²) in [5.41, 5.74) is 1.20. The van der Waals surface area contributed by atoms with Crippen LogP contribution in [0.5, 0.6) is 5.75 Å². The molecule has 2 fully saturated rings. The molecule has 19 heavy (non-hydrogen) atoms. The topological polar surface area (TPSA) is 49.8 Å². The van der Waals surface area contributed by atoms with Crippen molar-refractivity contribution in [3.05, 3.63) is 29.8 Å². The molecule has 1 saturated carbocycles. The third-order valence-electron chi connectivity index (χ3n) is 4.11. The smallest absolute Gasteiger partial charge is 0.407 e. The largest absolute Gasteiger partial charge is 0.490 e. The molecule has 1 aliphatic heterocycles. The highest BCUT2D eigenvalue weighted by Gasteiger charge is 2.31. The van der Waals surface area contributed by atoms with Gasteiger partial charge in [-0.1, -0.05) is 12.1 Å². The average Bonchev–Trinajstić information content (AvgIpc) is 2.82. The van der Waals surface area contributed by atoms with Crippen LogP contribution in [0.15, 0.2) is 24.3 Å². The van der Waals surface area contributed by atoms with E-state index in [2.05, 4.69) is 12.1 Å². The summed E-state index contributed by atoms with van der Waals surface area (Å²) in [5.74, 6) is 1.28. The summed E-state index contributed by atoms with van der Waals surface area (Å²) in [7, 11) is 0. The quantitative estimate of drug-likeness (QED) is 0.909. The van der Waals surface area contributed by atoms with Gasteiger partial charge in [-0.15, -0.1) is 0 Å². The molecule has 102 valence electrons. The Morgan fingerprint density at radius 3 is 2.37 bits per heavy atom. The molecule has 1 amide bonds. The summed E-state index contributed by atoms with van der Waals surface area (Å²) in [5, 5.41) is 8.81. The Morgan fingerprint density at radius 2 is 1.79 bits per heavy atom. The van der Waals surface area contributed by atoms with Gasteiger partial charge in [-0.25, -0.2) is 4.79 Å². The Kier molecular flexibility index (Phi) is 3.32. The molecule has 0 radical (unpaired) electrons. The fraction of sp³-hybridized carbons (Fsp3) is 0.533. The third kappa shape index (κ3) is 2.67. The third-order valence-corrected chi connectivity index (χ3v) is 4.11. The van der Waals surface area contributed by atoms with Crippen LogP contribution in [0, 0.1) is 0 Å². The molecule has 1 N–H and O–H groups in total. The fourth-order valence-electron chi connectivity index (χ4n) is 2.86. The van der Waals surface area contributed by atoms with E-state index in [9.17, 15) is 4.79 Å². The molecular formula is C15H19NO3. The minimum atomic E-state index is -0.822. The highest BCUT2D eigenvalue weighted by Crippen LogP contribution is 2.29. The molecule has 0 bridgehead atoms. The van der Waals surface area contributed by atoms with Crippen molar-refractivity contribution in [2.75, 3.05) is 13.1 Å². The lowest BCUT2D eigenvalue weighted by molar-refractivity contribution is 0.105. The van der Waals surface area contributed by atoms with Crippen molar-refractivity contribution >= 4 is 6.09 Å². The van der Waals surface area contributed by atoms with Crippen molar-refractivity contribution in [1.82, 2.24) is 4.90 Å². The van der Waals surface area contributed by atoms with E-state index in [-0.39, 0.29) is 0 Å². The second-order valence-corrected chi connectivity index (χ2v) is 5.48. The Labute approximate surface area is 113 Å². The van der Waals surface area contributed by atoms with Gasteiger partial charge in [0.25, 0.3) is 0 Å². The molecule has 4 nitrogen and oxygen atoms in total. The number of nitrogens with zero attached hydrogens (tertiary/aromatic N) is 1. The Bertz CT molecular complexity index is 445. The van der Waals surface area contributed by atoms with Gasteiger partial charge in [-0.05, 0) is 43.4 Å². The zero-order valence-electron chi connectivity index (χ0n) is 10.9. The fourth-order valence-corrected chi connectivity index (χ4v) is 2.86. The van der Waals surface area contributed by atoms with Gasteiger partial charge in [-0.3, -0.25) is 0 Å². The predicted octanol–water partition coefficient (Wildman–Crippen LogP) is 3.09. The maximum absolute atomic E-state index is 10.7. The van der Waals surface area contributed by atoms with Crippen molar-refractivity contribution in [3.8, 4) is 5.75 Å². The van der Waals surface area contributed by atoms with Crippen LogP contribution in [0.25, 0.3) is 0 Å². The van der Waals surface area contributed by atoms with Crippen molar-refractivity contribution < 1.29 is 14.6 Å². The zero-order valence-corrected chi connectivity index (χ0v) is 10.9. The molecule has 3 rings (SSSR count). The minimum Gasteiger partial charge on any atom is -0.490 e. The van der Waals surface area contributed by atoms with E-state index in [1.807, 2.05) is 12.1 Å². The number of benzene rings is 1. The van der Waals surface area contributed by atoms with E-state index >= 15 is 0 Å². The van der Waals surface area contributed by atoms with Crippen LogP contribution in [0.1, 0.15) is 37.2 Å². The number of likely N-dealkylation sites (tertiary alicyclic amines) is 1. The molecule has 0 aromatic heterocycles. The van der Waals surface area contributed by atoms with Crippen LogP contribution in [0.2, 0.25) is 0 Å². The van der Waals surface area contributed by atoms with Gasteiger partial charge in [-0.2, -0.15) is 0 Å². The highest BCUT2D eigenvalue weighted by atomic mass is 16.5. The zero-order chi connectivity index (χ0) is 13.2. The van der Waals surface area contributed by atoms with Crippen molar-refractivity contribution in [1.29, 1.82) is 0 Å². The van der Waals surface area contributed by atoms with Crippen molar-refractivity contribution in [2.24, 2.45) is 0 Å². The van der Waals surface area contributed by atoms with Crippen LogP contribution >= 0.6 is 0 Å². The van der Waals surface area contributed by atoms with E-state index < -0.39 is 6.09 Å². The standard InChI is InChI=1S/C15H19NO3/c17-15(18)16-9-12(10-16)11-5-7-14(8-6-11)19-13-3-1-2-4-13/h5-8,12-13H,1-4,9-10H2,(H,17,18). The molecule has 1 aromatic carbocycles. The van der Waals surface area contributed by atoms with Gasteiger partial charge in [0.05, 0.1) is 6.10 Å². The monoisotopic (exact) mass is 261 g/mol. The van der Waals surface area contributed by atoms with Gasteiger partial charge in [0.1, 0.15) is 5.75 Å². The van der Waals surface area contributed by atoms with Crippen molar-refractivity contribution in [2.45, 2.75) is 37.7 Å². The molecule has 0 spiro atoms. The number of hydrogen-bond donors (Lipinski definition) is 1. The average molecular weight is 261 g/mol. The van der Waals surface area contributed by atoms with Gasteiger partial charge in [0.15, 0.2) is 0 Å². The van der Waals surface area contributed by atoms with Crippen LogP contribution in [-0.4, -0.2) is 35.3 Å². The summed E-state index contributed by atoms with van der Waals surface area (Å²) < 4.78 is 5.92. The molecule has 1 saturated heterocycles. The van der Waals surface area contributed by atoms with E-state index in [1.165, 1.54) is 23.3 Å². The first-order valence-corrected chi connectivity index (χ1v) is 6.97. The highest BCUT2D eigenvalue weighted by molar-refractivity contribution is 5.66. The molecule has 1 aliphatic carbocycles. The molecule has 2 aliphatic rings. The first-order chi connectivity index (χ1) is 9.22. The SMILES string of the molecule is O=C(O)N1CC(c2ccc(OC3CCCC3)cc2)C1. The number of amides is 1. The number of ether oxygens (including phenoxy) is 1. The number of rotatable bonds is 3. The van der Waals surface area contributed by atoms with Crippen LogP contribution < -0.4 is 4.74 Å². The second-order valence-electron chi connectivity index (χ2n) is 5.48. The van der Waals surface area contributed by atoms with Crippen LogP contribution in [-0.2, 0) is 0 Å². The molecule has 4 heteroatoms. The van der Waals surface area contributed by atoms with Gasteiger partial charge in [0.2, 0.25) is 0 Å². The van der Waals surface area contributed by atoms with Gasteiger partial charge < -0.3 is 14.7 Å². The molecule has 0 atom stereocenters. The van der Waals surface area contributed by atoms with Crippen molar-refractivity contribution in [3.63, 3.8) is 0 Å². The van der Waals surface area contributed by atoms with Crippen LogP contribution in [0.4, 0.5) is 4.79 Å². The Balaban J connectivity index is 1.56. The van der Waals surface area contributed by atoms with E-state index in [1.54, 1.807) is 0 Å². The van der Waals surface area contributed by atoms with E-state index in [0.717, 1.165) is 18.6 Å². The van der Waals surface area contributed by atoms with E-state index in [4.69, 9.17) is 9.84 Å². The van der Waals surface area contributed by atoms with E-state index in [0.29, 0.717) is 25.1 Å². The Morgan fingerprint density at radius 1 is 1.16 bits per heavy atom.